The molecule has 1 aromatic carbocycles. The summed E-state index contributed by atoms with van der Waals surface area (Å²) in [6.07, 6.45) is 0.930. The molecule has 2 rings (SSSR count). The zero-order valence-electron chi connectivity index (χ0n) is 11.6. The fraction of sp³-hybridized carbons (Fsp3) is 0.333. The molecule has 0 radical (unpaired) electrons. The van der Waals surface area contributed by atoms with Crippen molar-refractivity contribution in [3.63, 3.8) is 0 Å². The second-order valence-corrected chi connectivity index (χ2v) is 6.28. The van der Waals surface area contributed by atoms with Crippen LogP contribution in [-0.4, -0.2) is 16.9 Å². The third-order valence-electron chi connectivity index (χ3n) is 2.98. The van der Waals surface area contributed by atoms with Crippen molar-refractivity contribution in [3.05, 3.63) is 46.4 Å². The van der Waals surface area contributed by atoms with Crippen molar-refractivity contribution < 1.29 is 4.79 Å². The third-order valence-corrected chi connectivity index (χ3v) is 4.72. The van der Waals surface area contributed by atoms with E-state index in [-0.39, 0.29) is 11.9 Å². The Balaban J connectivity index is 2.07. The van der Waals surface area contributed by atoms with Gasteiger partial charge in [0.2, 0.25) is 0 Å². The monoisotopic (exact) mass is 306 g/mol. The maximum Gasteiger partial charge on any atom is 0.252 e. The van der Waals surface area contributed by atoms with Crippen molar-refractivity contribution in [1.82, 2.24) is 10.3 Å². The minimum absolute atomic E-state index is 0.000674. The van der Waals surface area contributed by atoms with Crippen LogP contribution in [0.25, 0.3) is 0 Å². The summed E-state index contributed by atoms with van der Waals surface area (Å²) in [5.41, 5.74) is 3.63. The lowest BCUT2D eigenvalue weighted by Gasteiger charge is -2.13. The number of hydrogen-bond acceptors (Lipinski definition) is 4. The summed E-state index contributed by atoms with van der Waals surface area (Å²) in [5.74, 6) is 0.789. The van der Waals surface area contributed by atoms with Crippen LogP contribution in [0.5, 0.6) is 0 Å². The number of carbonyl (C=O) groups excluding carboxylic acids is 1. The van der Waals surface area contributed by atoms with E-state index in [1.807, 2.05) is 42.1 Å². The average Bonchev–Trinajstić information content (AvgIpc) is 2.98. The third kappa shape index (κ3) is 4.08. The Hall–Kier alpha value is -1.33. The molecule has 0 saturated heterocycles. The Kier molecular flexibility index (Phi) is 5.61. The fourth-order valence-corrected chi connectivity index (χ4v) is 3.26. The van der Waals surface area contributed by atoms with Gasteiger partial charge in [-0.1, -0.05) is 19.1 Å². The van der Waals surface area contributed by atoms with E-state index < -0.39 is 0 Å². The first-order valence-electron chi connectivity index (χ1n) is 6.60. The zero-order chi connectivity index (χ0) is 14.4. The van der Waals surface area contributed by atoms with E-state index >= 15 is 0 Å². The van der Waals surface area contributed by atoms with Gasteiger partial charge in [0.05, 0.1) is 16.8 Å². The highest BCUT2D eigenvalue weighted by Gasteiger charge is 2.13. The number of hydrogen-bond donors (Lipinski definition) is 1. The molecule has 0 saturated carbocycles. The SMILES string of the molecule is CCC(C)NC(=O)c1ccccc1SCc1cscn1. The summed E-state index contributed by atoms with van der Waals surface area (Å²) in [6, 6.07) is 7.92. The number of nitrogens with zero attached hydrogens (tertiary/aromatic N) is 1. The average molecular weight is 306 g/mol. The smallest absolute Gasteiger partial charge is 0.252 e. The molecular formula is C15H18N2OS2. The van der Waals surface area contributed by atoms with Gasteiger partial charge in [-0.05, 0) is 25.5 Å². The molecule has 1 aromatic heterocycles. The second kappa shape index (κ2) is 7.45. The van der Waals surface area contributed by atoms with Gasteiger partial charge in [0.25, 0.3) is 5.91 Å². The second-order valence-electron chi connectivity index (χ2n) is 4.55. The molecule has 1 N–H and O–H groups in total. The lowest BCUT2D eigenvalue weighted by molar-refractivity contribution is 0.0936. The van der Waals surface area contributed by atoms with Crippen LogP contribution in [-0.2, 0) is 5.75 Å². The van der Waals surface area contributed by atoms with Gasteiger partial charge in [-0.25, -0.2) is 4.98 Å². The van der Waals surface area contributed by atoms with Gasteiger partial charge in [0, 0.05) is 22.1 Å². The van der Waals surface area contributed by atoms with Crippen molar-refractivity contribution in [2.24, 2.45) is 0 Å². The lowest BCUT2D eigenvalue weighted by atomic mass is 10.2. The minimum Gasteiger partial charge on any atom is -0.350 e. The summed E-state index contributed by atoms with van der Waals surface area (Å²) in [7, 11) is 0. The normalized spacial score (nSPS) is 12.1. The zero-order valence-corrected chi connectivity index (χ0v) is 13.3. The Morgan fingerprint density at radius 2 is 2.25 bits per heavy atom. The molecule has 1 heterocycles. The highest BCUT2D eigenvalue weighted by Crippen LogP contribution is 2.26. The molecule has 5 heteroatoms. The van der Waals surface area contributed by atoms with Crippen LogP contribution in [0.2, 0.25) is 0 Å². The van der Waals surface area contributed by atoms with E-state index in [9.17, 15) is 4.79 Å². The molecule has 3 nitrogen and oxygen atoms in total. The number of rotatable bonds is 6. The minimum atomic E-state index is 0.000674. The van der Waals surface area contributed by atoms with E-state index in [1.165, 1.54) is 0 Å². The van der Waals surface area contributed by atoms with Crippen molar-refractivity contribution in [2.75, 3.05) is 0 Å². The van der Waals surface area contributed by atoms with Crippen LogP contribution in [0, 0.1) is 0 Å². The Morgan fingerprint density at radius 1 is 1.45 bits per heavy atom. The number of carbonyl (C=O) groups is 1. The Bertz CT molecular complexity index is 555. The van der Waals surface area contributed by atoms with Crippen molar-refractivity contribution in [1.29, 1.82) is 0 Å². The quantitative estimate of drug-likeness (QED) is 0.821. The largest absolute Gasteiger partial charge is 0.350 e. The van der Waals surface area contributed by atoms with Crippen LogP contribution in [0.15, 0.2) is 40.1 Å². The Labute approximate surface area is 127 Å². The first-order valence-corrected chi connectivity index (χ1v) is 8.53. The summed E-state index contributed by atoms with van der Waals surface area (Å²) < 4.78 is 0. The van der Waals surface area contributed by atoms with Crippen LogP contribution in [0.1, 0.15) is 36.3 Å². The number of aromatic nitrogens is 1. The topological polar surface area (TPSA) is 42.0 Å². The predicted molar refractivity (Wildman–Crippen MR) is 85.3 cm³/mol. The first kappa shape index (κ1) is 15.1. The van der Waals surface area contributed by atoms with E-state index in [0.29, 0.717) is 0 Å². The molecule has 0 spiro atoms. The molecule has 0 bridgehead atoms. The van der Waals surface area contributed by atoms with Gasteiger partial charge in [-0.15, -0.1) is 23.1 Å². The molecule has 0 aliphatic carbocycles. The van der Waals surface area contributed by atoms with Crippen LogP contribution >= 0.6 is 23.1 Å². The molecule has 0 aliphatic heterocycles. The van der Waals surface area contributed by atoms with Crippen LogP contribution < -0.4 is 5.32 Å². The standard InChI is InChI=1S/C15H18N2OS2/c1-3-11(2)17-15(18)13-6-4-5-7-14(13)20-9-12-8-19-10-16-12/h4-8,10-11H,3,9H2,1-2H3,(H,17,18). The summed E-state index contributed by atoms with van der Waals surface area (Å²) in [4.78, 5) is 17.5. The van der Waals surface area contributed by atoms with E-state index in [0.717, 1.165) is 28.3 Å². The Morgan fingerprint density at radius 3 is 2.95 bits per heavy atom. The van der Waals surface area contributed by atoms with Gasteiger partial charge in [-0.3, -0.25) is 4.79 Å². The van der Waals surface area contributed by atoms with Gasteiger partial charge >= 0.3 is 0 Å². The fourth-order valence-electron chi connectivity index (χ4n) is 1.64. The maximum absolute atomic E-state index is 12.3. The number of thiazole rings is 1. The highest BCUT2D eigenvalue weighted by atomic mass is 32.2. The van der Waals surface area contributed by atoms with Crippen molar-refractivity contribution in [3.8, 4) is 0 Å². The summed E-state index contributed by atoms with van der Waals surface area (Å²) in [5, 5.41) is 5.05. The number of nitrogens with one attached hydrogen (secondary N) is 1. The van der Waals surface area contributed by atoms with Gasteiger partial charge < -0.3 is 5.32 Å². The van der Waals surface area contributed by atoms with Crippen LogP contribution in [0.3, 0.4) is 0 Å². The predicted octanol–water partition coefficient (Wildman–Crippen LogP) is 3.96. The molecule has 1 amide bonds. The first-order chi connectivity index (χ1) is 9.70. The maximum atomic E-state index is 12.3. The van der Waals surface area contributed by atoms with E-state index in [4.69, 9.17) is 0 Å². The van der Waals surface area contributed by atoms with Gasteiger partial charge in [-0.2, -0.15) is 0 Å². The molecule has 106 valence electrons. The lowest BCUT2D eigenvalue weighted by Crippen LogP contribution is -2.32. The molecule has 1 atom stereocenters. The van der Waals surface area contributed by atoms with E-state index in [2.05, 4.69) is 17.2 Å². The number of thioether (sulfide) groups is 1. The summed E-state index contributed by atoms with van der Waals surface area (Å²) in [6.45, 7) is 4.08. The molecule has 0 fully saturated rings. The van der Waals surface area contributed by atoms with Crippen LogP contribution in [0.4, 0.5) is 0 Å². The van der Waals surface area contributed by atoms with Gasteiger partial charge in [0.15, 0.2) is 0 Å². The molecule has 1 unspecified atom stereocenters. The van der Waals surface area contributed by atoms with Gasteiger partial charge in [0.1, 0.15) is 0 Å². The molecular weight excluding hydrogens is 288 g/mol. The van der Waals surface area contributed by atoms with Crippen molar-refractivity contribution >= 4 is 29.0 Å². The number of amides is 1. The molecule has 2 aromatic rings. The number of benzene rings is 1. The summed E-state index contributed by atoms with van der Waals surface area (Å²) >= 11 is 3.24. The molecule has 0 aliphatic rings. The van der Waals surface area contributed by atoms with Crippen molar-refractivity contribution in [2.45, 2.75) is 37.0 Å². The van der Waals surface area contributed by atoms with E-state index in [1.54, 1.807) is 23.1 Å². The molecule has 20 heavy (non-hydrogen) atoms. The highest BCUT2D eigenvalue weighted by molar-refractivity contribution is 7.98.